The Morgan fingerprint density at radius 2 is 2.15 bits per heavy atom. The lowest BCUT2D eigenvalue weighted by atomic mass is 10.2. The van der Waals surface area contributed by atoms with Gasteiger partial charge in [0.2, 0.25) is 0 Å². The fraction of sp³-hybridized carbons (Fsp3) is 0. The van der Waals surface area contributed by atoms with Crippen molar-refractivity contribution < 1.29 is 9.18 Å². The van der Waals surface area contributed by atoms with E-state index in [1.807, 2.05) is 0 Å². The number of carbonyl (C=O) groups is 1. The smallest absolute Gasteiger partial charge is 0.144 e. The molecule has 0 heterocycles. The minimum atomic E-state index is -0.546. The number of allylic oxidation sites excluding steroid dienone is 1. The molecule has 0 aliphatic heterocycles. The van der Waals surface area contributed by atoms with Crippen LogP contribution in [0.4, 0.5) is 4.39 Å². The summed E-state index contributed by atoms with van der Waals surface area (Å²) in [5, 5.41) is 0.182. The Bertz CT molecular complexity index is 340. The maximum Gasteiger partial charge on any atom is 0.144 e. The van der Waals surface area contributed by atoms with Gasteiger partial charge in [-0.25, -0.2) is 4.39 Å². The summed E-state index contributed by atoms with van der Waals surface area (Å²) < 4.78 is 13.1. The molecule has 0 atom stereocenters. The Kier molecular flexibility index (Phi) is 3.46. The molecule has 4 heteroatoms. The zero-order valence-electron chi connectivity index (χ0n) is 6.43. The molecule has 0 spiro atoms. The molecular formula is C9H5Cl2FO. The van der Waals surface area contributed by atoms with E-state index in [9.17, 15) is 9.18 Å². The molecule has 0 saturated carbocycles. The number of rotatable bonds is 2. The highest BCUT2D eigenvalue weighted by Crippen LogP contribution is 2.28. The van der Waals surface area contributed by atoms with Gasteiger partial charge in [0.05, 0.1) is 10.1 Å². The molecule has 0 aliphatic rings. The van der Waals surface area contributed by atoms with Gasteiger partial charge in [0.25, 0.3) is 0 Å². The third kappa shape index (κ3) is 2.29. The SMILES string of the molecule is O=C/C=C(\Cl)c1c(F)cccc1Cl. The molecule has 13 heavy (non-hydrogen) atoms. The molecule has 1 aromatic rings. The summed E-state index contributed by atoms with van der Waals surface area (Å²) >= 11 is 11.3. The normalized spacial score (nSPS) is 11.5. The second-order valence-electron chi connectivity index (χ2n) is 2.25. The molecular weight excluding hydrogens is 214 g/mol. The van der Waals surface area contributed by atoms with Crippen LogP contribution in [0.15, 0.2) is 24.3 Å². The minimum absolute atomic E-state index is 0.00176. The van der Waals surface area contributed by atoms with Gasteiger partial charge in [-0.2, -0.15) is 0 Å². The van der Waals surface area contributed by atoms with Gasteiger partial charge >= 0.3 is 0 Å². The van der Waals surface area contributed by atoms with Crippen LogP contribution >= 0.6 is 23.2 Å². The van der Waals surface area contributed by atoms with Crippen LogP contribution in [0.1, 0.15) is 5.56 Å². The second kappa shape index (κ2) is 4.40. The molecule has 1 nitrogen and oxygen atoms in total. The number of halogens is 3. The summed E-state index contributed by atoms with van der Waals surface area (Å²) in [5.74, 6) is -0.546. The topological polar surface area (TPSA) is 17.1 Å². The minimum Gasteiger partial charge on any atom is -0.299 e. The van der Waals surface area contributed by atoms with E-state index in [0.29, 0.717) is 6.29 Å². The number of benzene rings is 1. The van der Waals surface area contributed by atoms with Crippen molar-refractivity contribution in [2.45, 2.75) is 0 Å². The summed E-state index contributed by atoms with van der Waals surface area (Å²) in [7, 11) is 0. The molecule has 0 fully saturated rings. The average molecular weight is 219 g/mol. The Labute approximate surface area is 84.8 Å². The highest BCUT2D eigenvalue weighted by molar-refractivity contribution is 6.51. The van der Waals surface area contributed by atoms with Crippen molar-refractivity contribution in [3.8, 4) is 0 Å². The summed E-state index contributed by atoms with van der Waals surface area (Å²) in [6.45, 7) is 0. The van der Waals surface area contributed by atoms with Gasteiger partial charge in [-0.3, -0.25) is 4.79 Å². The van der Waals surface area contributed by atoms with Gasteiger partial charge in [0.1, 0.15) is 12.1 Å². The maximum atomic E-state index is 13.1. The lowest BCUT2D eigenvalue weighted by molar-refractivity contribution is -0.104. The van der Waals surface area contributed by atoms with E-state index in [2.05, 4.69) is 0 Å². The quantitative estimate of drug-likeness (QED) is 0.551. The zero-order chi connectivity index (χ0) is 9.84. The third-order valence-corrected chi connectivity index (χ3v) is 2.05. The van der Waals surface area contributed by atoms with E-state index in [4.69, 9.17) is 23.2 Å². The first-order chi connectivity index (χ1) is 6.16. The van der Waals surface area contributed by atoms with Crippen LogP contribution in [0.3, 0.4) is 0 Å². The molecule has 0 aromatic heterocycles. The van der Waals surface area contributed by atoms with Gasteiger partial charge in [-0.1, -0.05) is 29.3 Å². The van der Waals surface area contributed by atoms with Gasteiger partial charge < -0.3 is 0 Å². The van der Waals surface area contributed by atoms with Crippen molar-refractivity contribution in [3.05, 3.63) is 40.7 Å². The Balaban J connectivity index is 3.27. The molecule has 0 aliphatic carbocycles. The van der Waals surface area contributed by atoms with Gasteiger partial charge in [0.15, 0.2) is 0 Å². The molecule has 0 bridgehead atoms. The molecule has 1 aromatic carbocycles. The van der Waals surface area contributed by atoms with E-state index >= 15 is 0 Å². The van der Waals surface area contributed by atoms with Gasteiger partial charge in [0, 0.05) is 5.56 Å². The zero-order valence-corrected chi connectivity index (χ0v) is 7.94. The first-order valence-corrected chi connectivity index (χ1v) is 4.17. The summed E-state index contributed by atoms with van der Waals surface area (Å²) in [4.78, 5) is 10.1. The van der Waals surface area contributed by atoms with Crippen molar-refractivity contribution in [1.29, 1.82) is 0 Å². The fourth-order valence-electron chi connectivity index (χ4n) is 0.869. The Morgan fingerprint density at radius 1 is 1.46 bits per heavy atom. The molecule has 0 N–H and O–H groups in total. The molecule has 0 radical (unpaired) electrons. The van der Waals surface area contributed by atoms with E-state index in [0.717, 1.165) is 6.08 Å². The first kappa shape index (κ1) is 10.2. The highest BCUT2D eigenvalue weighted by Gasteiger charge is 2.09. The highest BCUT2D eigenvalue weighted by atomic mass is 35.5. The number of carbonyl (C=O) groups excluding carboxylic acids is 1. The largest absolute Gasteiger partial charge is 0.299 e. The van der Waals surface area contributed by atoms with Crippen LogP contribution in [0.2, 0.25) is 5.02 Å². The summed E-state index contributed by atoms with van der Waals surface area (Å²) in [6, 6.07) is 4.19. The third-order valence-electron chi connectivity index (χ3n) is 1.42. The Hall–Kier alpha value is -0.860. The van der Waals surface area contributed by atoms with Crippen molar-refractivity contribution in [3.63, 3.8) is 0 Å². The molecule has 1 rings (SSSR count). The molecule has 68 valence electrons. The predicted octanol–water partition coefficient (Wildman–Crippen LogP) is 3.26. The van der Waals surface area contributed by atoms with Crippen molar-refractivity contribution >= 4 is 34.5 Å². The second-order valence-corrected chi connectivity index (χ2v) is 3.06. The number of aldehydes is 1. The van der Waals surface area contributed by atoms with Crippen LogP contribution in [-0.4, -0.2) is 6.29 Å². The lowest BCUT2D eigenvalue weighted by Gasteiger charge is -2.02. The number of hydrogen-bond donors (Lipinski definition) is 0. The van der Waals surface area contributed by atoms with Gasteiger partial charge in [-0.15, -0.1) is 0 Å². The van der Waals surface area contributed by atoms with E-state index in [-0.39, 0.29) is 15.6 Å². The van der Waals surface area contributed by atoms with Crippen LogP contribution in [0.5, 0.6) is 0 Å². The molecule has 0 saturated heterocycles. The first-order valence-electron chi connectivity index (χ1n) is 3.42. The van der Waals surface area contributed by atoms with Crippen molar-refractivity contribution in [2.75, 3.05) is 0 Å². The van der Waals surface area contributed by atoms with E-state index in [1.165, 1.54) is 18.2 Å². The predicted molar refractivity (Wildman–Crippen MR) is 51.3 cm³/mol. The van der Waals surface area contributed by atoms with Crippen LogP contribution < -0.4 is 0 Å². The summed E-state index contributed by atoms with van der Waals surface area (Å²) in [6.07, 6.45) is 1.52. The van der Waals surface area contributed by atoms with Crippen molar-refractivity contribution in [2.24, 2.45) is 0 Å². The van der Waals surface area contributed by atoms with Crippen LogP contribution in [-0.2, 0) is 4.79 Å². The molecule has 0 unspecified atom stereocenters. The maximum absolute atomic E-state index is 13.1. The van der Waals surface area contributed by atoms with Gasteiger partial charge in [-0.05, 0) is 18.2 Å². The average Bonchev–Trinajstić information content (AvgIpc) is 2.04. The molecule has 0 amide bonds. The number of hydrogen-bond acceptors (Lipinski definition) is 1. The van der Waals surface area contributed by atoms with Crippen LogP contribution in [0, 0.1) is 5.82 Å². The monoisotopic (exact) mass is 218 g/mol. The van der Waals surface area contributed by atoms with E-state index < -0.39 is 5.82 Å². The summed E-state index contributed by atoms with van der Waals surface area (Å²) in [5.41, 5.74) is 0.0536. The fourth-order valence-corrected chi connectivity index (χ4v) is 1.43. The van der Waals surface area contributed by atoms with E-state index in [1.54, 1.807) is 0 Å². The lowest BCUT2D eigenvalue weighted by Crippen LogP contribution is -1.86. The standard InChI is InChI=1S/C9H5Cl2FO/c10-6-2-1-3-8(12)9(6)7(11)4-5-13/h1-5H/b7-4-. The van der Waals surface area contributed by atoms with Crippen LogP contribution in [0.25, 0.3) is 5.03 Å². The Morgan fingerprint density at radius 3 is 2.69 bits per heavy atom. The van der Waals surface area contributed by atoms with Crippen molar-refractivity contribution in [1.82, 2.24) is 0 Å².